The maximum atomic E-state index is 12.9. The summed E-state index contributed by atoms with van der Waals surface area (Å²) in [6.45, 7) is 1.46. The summed E-state index contributed by atoms with van der Waals surface area (Å²) in [6.07, 6.45) is 25.9. The fourth-order valence-electron chi connectivity index (χ4n) is 5.21. The lowest BCUT2D eigenvalue weighted by molar-refractivity contribution is 0.103. The van der Waals surface area contributed by atoms with E-state index < -0.39 is 0 Å². The fourth-order valence-corrected chi connectivity index (χ4v) is 5.66. The number of carbonyl (C=O) groups is 1. The van der Waals surface area contributed by atoms with Crippen LogP contribution in [0.5, 0.6) is 11.5 Å². The van der Waals surface area contributed by atoms with Crippen LogP contribution in [0.3, 0.4) is 0 Å². The molecule has 0 atom stereocenters. The highest BCUT2D eigenvalue weighted by Gasteiger charge is 2.09. The van der Waals surface area contributed by atoms with Gasteiger partial charge in [-0.05, 0) is 85.7 Å². The summed E-state index contributed by atoms with van der Waals surface area (Å²) >= 11 is 8.54. The minimum Gasteiger partial charge on any atom is -0.494 e. The maximum absolute atomic E-state index is 12.9. The van der Waals surface area contributed by atoms with E-state index in [2.05, 4.69) is 25.3 Å². The molecule has 0 aliphatic rings. The van der Waals surface area contributed by atoms with Gasteiger partial charge < -0.3 is 9.47 Å². The van der Waals surface area contributed by atoms with Crippen molar-refractivity contribution in [1.82, 2.24) is 0 Å². The summed E-state index contributed by atoms with van der Waals surface area (Å²) in [6, 6.07) is 15.1. The third-order valence-electron chi connectivity index (χ3n) is 7.88. The van der Waals surface area contributed by atoms with Gasteiger partial charge in [0.1, 0.15) is 11.5 Å². The molecule has 0 amide bonds. The highest BCUT2D eigenvalue weighted by Crippen LogP contribution is 2.19. The standard InChI is InChI=1S/C37H58O3S2/c38-37(33-21-25-35(26-22-33)39-29-17-13-9-5-1-3-7-11-15-19-31-41)34-23-27-36(28-24-34)40-30-18-14-10-6-2-4-8-12-16-20-32-42/h21-28,41-42H,1-20,29-32H2. The predicted molar refractivity (Wildman–Crippen MR) is 187 cm³/mol. The number of benzene rings is 2. The molecular weight excluding hydrogens is 557 g/mol. The van der Waals surface area contributed by atoms with Crippen LogP contribution in [0.4, 0.5) is 0 Å². The molecule has 0 aliphatic carbocycles. The second-order valence-electron chi connectivity index (χ2n) is 11.6. The highest BCUT2D eigenvalue weighted by atomic mass is 32.1. The minimum atomic E-state index is 0.0246. The molecule has 0 fully saturated rings. The molecule has 2 aromatic carbocycles. The number of hydrogen-bond donors (Lipinski definition) is 2. The Kier molecular flexibility index (Phi) is 22.5. The predicted octanol–water partition coefficient (Wildman–Crippen LogP) is 11.3. The first-order chi connectivity index (χ1) is 20.7. The Morgan fingerprint density at radius 3 is 0.952 bits per heavy atom. The Hall–Kier alpha value is -1.59. The molecule has 0 bridgehead atoms. The van der Waals surface area contributed by atoms with Crippen molar-refractivity contribution in [1.29, 1.82) is 0 Å². The van der Waals surface area contributed by atoms with Crippen LogP contribution in [0, 0.1) is 0 Å². The number of ether oxygens (including phenoxy) is 2. The Morgan fingerprint density at radius 1 is 0.405 bits per heavy atom. The lowest BCUT2D eigenvalue weighted by atomic mass is 10.0. The Labute approximate surface area is 268 Å². The molecule has 0 aromatic heterocycles. The number of thiol groups is 2. The summed E-state index contributed by atoms with van der Waals surface area (Å²) in [4.78, 5) is 12.9. The van der Waals surface area contributed by atoms with E-state index in [1.165, 1.54) is 116 Å². The van der Waals surface area contributed by atoms with Gasteiger partial charge in [-0.1, -0.05) is 103 Å². The summed E-state index contributed by atoms with van der Waals surface area (Å²) in [5.74, 6) is 3.73. The molecule has 0 aliphatic heterocycles. The van der Waals surface area contributed by atoms with E-state index in [4.69, 9.17) is 9.47 Å². The maximum Gasteiger partial charge on any atom is 0.193 e. The summed E-state index contributed by atoms with van der Waals surface area (Å²) in [5, 5.41) is 0. The van der Waals surface area contributed by atoms with Crippen LogP contribution in [-0.4, -0.2) is 30.5 Å². The first-order valence-electron chi connectivity index (χ1n) is 17.0. The largest absolute Gasteiger partial charge is 0.494 e. The zero-order chi connectivity index (χ0) is 29.9. The third kappa shape index (κ3) is 18.2. The number of unbranched alkanes of at least 4 members (excludes halogenated alkanes) is 18. The van der Waals surface area contributed by atoms with E-state index in [1.54, 1.807) is 0 Å². The van der Waals surface area contributed by atoms with Crippen LogP contribution < -0.4 is 9.47 Å². The molecular formula is C37H58O3S2. The van der Waals surface area contributed by atoms with Crippen molar-refractivity contribution in [3.63, 3.8) is 0 Å². The molecule has 2 rings (SSSR count). The highest BCUT2D eigenvalue weighted by molar-refractivity contribution is 7.80. The monoisotopic (exact) mass is 614 g/mol. The molecule has 0 heterocycles. The van der Waals surface area contributed by atoms with Gasteiger partial charge in [-0.15, -0.1) is 0 Å². The SMILES string of the molecule is O=C(c1ccc(OCCCCCCCCCCCCS)cc1)c1ccc(OCCCCCCCCCCCCS)cc1. The molecule has 0 unspecified atom stereocenters. The Morgan fingerprint density at radius 2 is 0.667 bits per heavy atom. The van der Waals surface area contributed by atoms with Crippen molar-refractivity contribution in [3.8, 4) is 11.5 Å². The van der Waals surface area contributed by atoms with Gasteiger partial charge >= 0.3 is 0 Å². The zero-order valence-electron chi connectivity index (χ0n) is 26.2. The average Bonchev–Trinajstić information content (AvgIpc) is 3.02. The van der Waals surface area contributed by atoms with Gasteiger partial charge in [0.05, 0.1) is 13.2 Å². The van der Waals surface area contributed by atoms with Crippen molar-refractivity contribution in [2.75, 3.05) is 24.7 Å². The van der Waals surface area contributed by atoms with Crippen LogP contribution in [0.2, 0.25) is 0 Å². The first-order valence-corrected chi connectivity index (χ1v) is 18.2. The van der Waals surface area contributed by atoms with Gasteiger partial charge in [0, 0.05) is 11.1 Å². The van der Waals surface area contributed by atoms with Gasteiger partial charge in [-0.25, -0.2) is 0 Å². The molecule has 0 saturated carbocycles. The van der Waals surface area contributed by atoms with E-state index in [0.717, 1.165) is 49.1 Å². The van der Waals surface area contributed by atoms with E-state index in [1.807, 2.05) is 48.5 Å². The van der Waals surface area contributed by atoms with Crippen LogP contribution in [0.1, 0.15) is 144 Å². The lowest BCUT2D eigenvalue weighted by Gasteiger charge is -2.09. The van der Waals surface area contributed by atoms with Crippen molar-refractivity contribution < 1.29 is 14.3 Å². The fraction of sp³-hybridized carbons (Fsp3) is 0.649. The topological polar surface area (TPSA) is 35.5 Å². The van der Waals surface area contributed by atoms with Crippen LogP contribution in [0.25, 0.3) is 0 Å². The van der Waals surface area contributed by atoms with E-state index >= 15 is 0 Å². The van der Waals surface area contributed by atoms with Gasteiger partial charge in [-0.3, -0.25) is 4.79 Å². The Bertz CT molecular complexity index is 825. The van der Waals surface area contributed by atoms with Crippen molar-refractivity contribution in [2.24, 2.45) is 0 Å². The van der Waals surface area contributed by atoms with Gasteiger partial charge in [0.25, 0.3) is 0 Å². The van der Waals surface area contributed by atoms with E-state index in [9.17, 15) is 4.79 Å². The molecule has 236 valence electrons. The van der Waals surface area contributed by atoms with Crippen LogP contribution in [0.15, 0.2) is 48.5 Å². The number of carbonyl (C=O) groups excluding carboxylic acids is 1. The molecule has 0 saturated heterocycles. The second kappa shape index (κ2) is 25.9. The molecule has 2 aromatic rings. The van der Waals surface area contributed by atoms with Crippen LogP contribution >= 0.6 is 25.3 Å². The molecule has 3 nitrogen and oxygen atoms in total. The molecule has 42 heavy (non-hydrogen) atoms. The number of rotatable bonds is 28. The normalized spacial score (nSPS) is 11.1. The van der Waals surface area contributed by atoms with Crippen molar-refractivity contribution >= 4 is 31.0 Å². The number of ketones is 1. The Balaban J connectivity index is 1.51. The molecule has 0 spiro atoms. The van der Waals surface area contributed by atoms with Gasteiger partial charge in [0.2, 0.25) is 0 Å². The summed E-state index contributed by atoms with van der Waals surface area (Å²) in [5.41, 5.74) is 1.36. The third-order valence-corrected chi connectivity index (χ3v) is 8.51. The van der Waals surface area contributed by atoms with E-state index in [-0.39, 0.29) is 5.78 Å². The van der Waals surface area contributed by atoms with Crippen molar-refractivity contribution in [2.45, 2.75) is 128 Å². The molecule has 0 radical (unpaired) electrons. The quantitative estimate of drug-likeness (QED) is 0.0568. The second-order valence-corrected chi connectivity index (χ2v) is 12.5. The zero-order valence-corrected chi connectivity index (χ0v) is 28.0. The van der Waals surface area contributed by atoms with Gasteiger partial charge in [0.15, 0.2) is 5.78 Å². The van der Waals surface area contributed by atoms with Gasteiger partial charge in [-0.2, -0.15) is 25.3 Å². The molecule has 5 heteroatoms. The average molecular weight is 615 g/mol. The van der Waals surface area contributed by atoms with E-state index in [0.29, 0.717) is 11.1 Å². The summed E-state index contributed by atoms with van der Waals surface area (Å²) < 4.78 is 11.8. The minimum absolute atomic E-state index is 0.0246. The molecule has 0 N–H and O–H groups in total. The first kappa shape index (κ1) is 36.6. The lowest BCUT2D eigenvalue weighted by Crippen LogP contribution is -2.03. The smallest absolute Gasteiger partial charge is 0.193 e. The van der Waals surface area contributed by atoms with Crippen LogP contribution in [-0.2, 0) is 0 Å². The number of hydrogen-bond acceptors (Lipinski definition) is 5. The summed E-state index contributed by atoms with van der Waals surface area (Å²) in [7, 11) is 0. The van der Waals surface area contributed by atoms with Crippen molar-refractivity contribution in [3.05, 3.63) is 59.7 Å².